The first kappa shape index (κ1) is 12.6. The van der Waals surface area contributed by atoms with Crippen LogP contribution in [0.1, 0.15) is 11.1 Å². The van der Waals surface area contributed by atoms with Crippen molar-refractivity contribution in [3.63, 3.8) is 0 Å². The van der Waals surface area contributed by atoms with E-state index in [2.05, 4.69) is 40.5 Å². The molecule has 1 aromatic heterocycles. The lowest BCUT2D eigenvalue weighted by atomic mass is 10.2. The Morgan fingerprint density at radius 1 is 1.17 bits per heavy atom. The molecule has 0 bridgehead atoms. The predicted molar refractivity (Wildman–Crippen MR) is 76.9 cm³/mol. The number of pyridine rings is 1. The maximum atomic E-state index is 5.92. The highest BCUT2D eigenvalue weighted by Crippen LogP contribution is 2.15. The summed E-state index contributed by atoms with van der Waals surface area (Å²) in [6, 6.07) is 12.1. The molecule has 0 aliphatic heterocycles. The Balaban J connectivity index is 2.05. The van der Waals surface area contributed by atoms with Crippen molar-refractivity contribution in [1.29, 1.82) is 0 Å². The van der Waals surface area contributed by atoms with Crippen LogP contribution >= 0.6 is 11.8 Å². The van der Waals surface area contributed by atoms with E-state index in [-0.39, 0.29) is 0 Å². The lowest BCUT2D eigenvalue weighted by molar-refractivity contribution is 1.06. The quantitative estimate of drug-likeness (QED) is 0.520. The molecule has 0 fully saturated rings. The summed E-state index contributed by atoms with van der Waals surface area (Å²) in [7, 11) is 0. The van der Waals surface area contributed by atoms with Gasteiger partial charge < -0.3 is 5.73 Å². The molecule has 0 unspecified atom stereocenters. The molecule has 0 aliphatic carbocycles. The van der Waals surface area contributed by atoms with Crippen molar-refractivity contribution in [3.8, 4) is 0 Å². The number of aliphatic imine (C=N–C) groups is 1. The molecular formula is C14H15N3S. The fourth-order valence-corrected chi connectivity index (χ4v) is 1.93. The van der Waals surface area contributed by atoms with Crippen molar-refractivity contribution in [2.45, 2.75) is 11.4 Å². The van der Waals surface area contributed by atoms with E-state index in [9.17, 15) is 0 Å². The molecule has 2 aromatic rings. The standard InChI is InChI=1S/C14H15N3S/c1-18-13-4-2-11(3-5-13)10-17-14(15)12-6-8-16-9-7-12/h2-9H,10H2,1H3,(H2,15,17). The van der Waals surface area contributed by atoms with Gasteiger partial charge in [0.1, 0.15) is 5.84 Å². The largest absolute Gasteiger partial charge is 0.383 e. The maximum absolute atomic E-state index is 5.92. The highest BCUT2D eigenvalue weighted by atomic mass is 32.2. The SMILES string of the molecule is CSc1ccc(CN=C(N)c2ccncc2)cc1. The van der Waals surface area contributed by atoms with Crippen LogP contribution in [0.3, 0.4) is 0 Å². The zero-order chi connectivity index (χ0) is 12.8. The van der Waals surface area contributed by atoms with Crippen LogP contribution in [0, 0.1) is 0 Å². The van der Waals surface area contributed by atoms with Crippen molar-refractivity contribution >= 4 is 17.6 Å². The Morgan fingerprint density at radius 2 is 1.83 bits per heavy atom. The molecule has 0 spiro atoms. The molecule has 2 rings (SSSR count). The molecule has 1 heterocycles. The molecule has 0 radical (unpaired) electrons. The topological polar surface area (TPSA) is 51.3 Å². The van der Waals surface area contributed by atoms with Gasteiger partial charge in [0.2, 0.25) is 0 Å². The number of rotatable bonds is 4. The molecule has 0 saturated carbocycles. The van der Waals surface area contributed by atoms with Crippen LogP contribution in [-0.4, -0.2) is 17.1 Å². The molecule has 18 heavy (non-hydrogen) atoms. The summed E-state index contributed by atoms with van der Waals surface area (Å²) in [5.41, 5.74) is 7.98. The van der Waals surface area contributed by atoms with Gasteiger partial charge >= 0.3 is 0 Å². The van der Waals surface area contributed by atoms with Gasteiger partial charge in [0.05, 0.1) is 6.54 Å². The van der Waals surface area contributed by atoms with Crippen molar-refractivity contribution < 1.29 is 0 Å². The predicted octanol–water partition coefficient (Wildman–Crippen LogP) is 2.71. The van der Waals surface area contributed by atoms with Gasteiger partial charge in [-0.05, 0) is 36.1 Å². The van der Waals surface area contributed by atoms with Gasteiger partial charge in [-0.3, -0.25) is 9.98 Å². The zero-order valence-corrected chi connectivity index (χ0v) is 11.0. The van der Waals surface area contributed by atoms with Gasteiger partial charge in [-0.15, -0.1) is 11.8 Å². The highest BCUT2D eigenvalue weighted by Gasteiger charge is 1.97. The average Bonchev–Trinajstić information content (AvgIpc) is 2.46. The fourth-order valence-electron chi connectivity index (χ4n) is 1.52. The van der Waals surface area contributed by atoms with Gasteiger partial charge in [-0.25, -0.2) is 0 Å². The maximum Gasteiger partial charge on any atom is 0.126 e. The van der Waals surface area contributed by atoms with E-state index in [0.717, 1.165) is 11.1 Å². The normalized spacial score (nSPS) is 11.5. The van der Waals surface area contributed by atoms with Gasteiger partial charge in [-0.1, -0.05) is 12.1 Å². The number of hydrogen-bond donors (Lipinski definition) is 1. The van der Waals surface area contributed by atoms with Crippen molar-refractivity contribution in [2.75, 3.05) is 6.26 Å². The average molecular weight is 257 g/mol. The number of amidine groups is 1. The number of benzene rings is 1. The molecule has 0 atom stereocenters. The lowest BCUT2D eigenvalue weighted by Gasteiger charge is -2.02. The Bertz CT molecular complexity index is 520. The third kappa shape index (κ3) is 3.34. The smallest absolute Gasteiger partial charge is 0.126 e. The second-order valence-corrected chi connectivity index (χ2v) is 4.67. The second-order valence-electron chi connectivity index (χ2n) is 3.79. The monoisotopic (exact) mass is 257 g/mol. The summed E-state index contributed by atoms with van der Waals surface area (Å²) in [5.74, 6) is 0.548. The minimum Gasteiger partial charge on any atom is -0.383 e. The minimum atomic E-state index is 0.548. The van der Waals surface area contributed by atoms with Crippen molar-refractivity contribution in [3.05, 3.63) is 59.9 Å². The summed E-state index contributed by atoms with van der Waals surface area (Å²) >= 11 is 1.73. The summed E-state index contributed by atoms with van der Waals surface area (Å²) in [4.78, 5) is 9.59. The summed E-state index contributed by atoms with van der Waals surface area (Å²) in [6.07, 6.45) is 5.49. The lowest BCUT2D eigenvalue weighted by Crippen LogP contribution is -2.13. The second kappa shape index (κ2) is 6.21. The fraction of sp³-hybridized carbons (Fsp3) is 0.143. The van der Waals surface area contributed by atoms with Gasteiger partial charge in [0.25, 0.3) is 0 Å². The van der Waals surface area contributed by atoms with E-state index in [1.165, 1.54) is 4.90 Å². The number of nitrogens with zero attached hydrogens (tertiary/aromatic N) is 2. The van der Waals surface area contributed by atoms with Gasteiger partial charge in [0, 0.05) is 22.9 Å². The first-order chi connectivity index (χ1) is 8.79. The van der Waals surface area contributed by atoms with Gasteiger partial charge in [-0.2, -0.15) is 0 Å². The van der Waals surface area contributed by atoms with Gasteiger partial charge in [0.15, 0.2) is 0 Å². The third-order valence-electron chi connectivity index (χ3n) is 2.57. The highest BCUT2D eigenvalue weighted by molar-refractivity contribution is 7.98. The Hall–Kier alpha value is -1.81. The van der Waals surface area contributed by atoms with E-state index >= 15 is 0 Å². The number of aromatic nitrogens is 1. The molecular weight excluding hydrogens is 242 g/mol. The van der Waals surface area contributed by atoms with Crippen molar-refractivity contribution in [1.82, 2.24) is 4.98 Å². The molecule has 0 aliphatic rings. The molecule has 3 nitrogen and oxygen atoms in total. The van der Waals surface area contributed by atoms with Crippen molar-refractivity contribution in [2.24, 2.45) is 10.7 Å². The summed E-state index contributed by atoms with van der Waals surface area (Å²) in [6.45, 7) is 0.600. The molecule has 0 saturated heterocycles. The van der Waals surface area contributed by atoms with E-state index in [1.54, 1.807) is 24.2 Å². The first-order valence-electron chi connectivity index (χ1n) is 5.63. The molecule has 0 amide bonds. The van der Waals surface area contributed by atoms with Crippen LogP contribution < -0.4 is 5.73 Å². The zero-order valence-electron chi connectivity index (χ0n) is 10.2. The van der Waals surface area contributed by atoms with E-state index in [1.807, 2.05) is 12.1 Å². The van der Waals surface area contributed by atoms with E-state index < -0.39 is 0 Å². The Kier molecular flexibility index (Phi) is 4.36. The van der Waals surface area contributed by atoms with Crippen LogP contribution in [0.2, 0.25) is 0 Å². The molecule has 1 aromatic carbocycles. The number of hydrogen-bond acceptors (Lipinski definition) is 3. The van der Waals surface area contributed by atoms with E-state index in [0.29, 0.717) is 12.4 Å². The van der Waals surface area contributed by atoms with Crippen LogP contribution in [0.4, 0.5) is 0 Å². The Morgan fingerprint density at radius 3 is 2.44 bits per heavy atom. The number of thioether (sulfide) groups is 1. The minimum absolute atomic E-state index is 0.548. The van der Waals surface area contributed by atoms with Crippen LogP contribution in [0.25, 0.3) is 0 Å². The number of nitrogens with two attached hydrogens (primary N) is 1. The molecule has 2 N–H and O–H groups in total. The van der Waals surface area contributed by atoms with Crippen LogP contribution in [0.5, 0.6) is 0 Å². The summed E-state index contributed by atoms with van der Waals surface area (Å²) < 4.78 is 0. The Labute approximate surface area is 111 Å². The third-order valence-corrected chi connectivity index (χ3v) is 3.31. The van der Waals surface area contributed by atoms with E-state index in [4.69, 9.17) is 5.73 Å². The van der Waals surface area contributed by atoms with Crippen LogP contribution in [0.15, 0.2) is 58.7 Å². The van der Waals surface area contributed by atoms with Crippen LogP contribution in [-0.2, 0) is 6.54 Å². The first-order valence-corrected chi connectivity index (χ1v) is 6.85. The molecule has 92 valence electrons. The summed E-state index contributed by atoms with van der Waals surface area (Å²) in [5, 5.41) is 0. The molecule has 4 heteroatoms.